The molecular weight excluding hydrogens is 216 g/mol. The topological polar surface area (TPSA) is 54.0 Å². The van der Waals surface area contributed by atoms with Crippen molar-refractivity contribution < 1.29 is 13.6 Å². The van der Waals surface area contributed by atoms with Crippen molar-refractivity contribution in [3.8, 4) is 0 Å². The van der Waals surface area contributed by atoms with E-state index in [1.807, 2.05) is 0 Å². The highest BCUT2D eigenvalue weighted by Gasteiger charge is 2.19. The van der Waals surface area contributed by atoms with Gasteiger partial charge in [-0.3, -0.25) is 4.79 Å². The molecule has 1 atom stereocenters. The molecule has 1 aliphatic heterocycles. The summed E-state index contributed by atoms with van der Waals surface area (Å²) in [4.78, 5) is 14.5. The Bertz CT molecular complexity index is 401. The maximum Gasteiger partial charge on any atom is 0.220 e. The van der Waals surface area contributed by atoms with E-state index < -0.39 is 11.6 Å². The number of hydrogen-bond acceptors (Lipinski definition) is 3. The summed E-state index contributed by atoms with van der Waals surface area (Å²) in [5.74, 6) is -1.43. The van der Waals surface area contributed by atoms with E-state index in [4.69, 9.17) is 0 Å². The monoisotopic (exact) mass is 227 g/mol. The Morgan fingerprint density at radius 1 is 1.50 bits per heavy atom. The molecule has 6 heteroatoms. The Morgan fingerprint density at radius 2 is 2.31 bits per heavy atom. The molecule has 2 N–H and O–H groups in total. The zero-order valence-corrected chi connectivity index (χ0v) is 8.46. The van der Waals surface area contributed by atoms with Crippen molar-refractivity contribution in [1.29, 1.82) is 0 Å². The van der Waals surface area contributed by atoms with Gasteiger partial charge < -0.3 is 10.6 Å². The summed E-state index contributed by atoms with van der Waals surface area (Å²) in [5.41, 5.74) is 0. The molecule has 1 saturated heterocycles. The number of halogens is 2. The summed E-state index contributed by atoms with van der Waals surface area (Å²) >= 11 is 0. The van der Waals surface area contributed by atoms with Crippen LogP contribution in [0.15, 0.2) is 12.3 Å². The van der Waals surface area contributed by atoms with Crippen LogP contribution in [0.5, 0.6) is 0 Å². The lowest BCUT2D eigenvalue weighted by Gasteiger charge is -2.23. The van der Waals surface area contributed by atoms with Gasteiger partial charge in [0.1, 0.15) is 5.82 Å². The predicted molar refractivity (Wildman–Crippen MR) is 53.8 cm³/mol. The van der Waals surface area contributed by atoms with Crippen LogP contribution in [0, 0.1) is 11.6 Å². The Hall–Kier alpha value is -1.72. The van der Waals surface area contributed by atoms with Crippen molar-refractivity contribution in [2.45, 2.75) is 18.9 Å². The van der Waals surface area contributed by atoms with Gasteiger partial charge in [0.15, 0.2) is 11.6 Å². The zero-order chi connectivity index (χ0) is 11.5. The van der Waals surface area contributed by atoms with E-state index in [9.17, 15) is 13.6 Å². The van der Waals surface area contributed by atoms with Crippen LogP contribution in [0.3, 0.4) is 0 Å². The second-order valence-electron chi connectivity index (χ2n) is 3.67. The summed E-state index contributed by atoms with van der Waals surface area (Å²) in [6, 6.07) is 0.710. The number of amides is 1. The van der Waals surface area contributed by atoms with Gasteiger partial charge in [0.25, 0.3) is 0 Å². The number of anilines is 1. The molecule has 1 fully saturated rings. The molecule has 1 amide bonds. The standard InChI is InChI=1S/C10H11F2N3O/c11-6-3-8(12)10(14-4-6)15-7-1-2-9(16)13-5-7/h3-4,7H,1-2,5H2,(H,13,16)(H,14,15). The smallest absolute Gasteiger partial charge is 0.220 e. The fraction of sp³-hybridized carbons (Fsp3) is 0.400. The number of nitrogens with one attached hydrogen (secondary N) is 2. The molecule has 1 aromatic rings. The van der Waals surface area contributed by atoms with Crippen molar-refractivity contribution in [3.63, 3.8) is 0 Å². The first-order valence-corrected chi connectivity index (χ1v) is 4.99. The molecule has 2 rings (SSSR count). The van der Waals surface area contributed by atoms with Crippen LogP contribution >= 0.6 is 0 Å². The minimum Gasteiger partial charge on any atom is -0.363 e. The first-order chi connectivity index (χ1) is 7.65. The van der Waals surface area contributed by atoms with E-state index in [0.29, 0.717) is 19.4 Å². The molecule has 16 heavy (non-hydrogen) atoms. The van der Waals surface area contributed by atoms with Crippen molar-refractivity contribution >= 4 is 11.7 Å². The summed E-state index contributed by atoms with van der Waals surface area (Å²) < 4.78 is 25.8. The largest absolute Gasteiger partial charge is 0.363 e. The Labute approximate surface area is 91.1 Å². The quantitative estimate of drug-likeness (QED) is 0.794. The predicted octanol–water partition coefficient (Wildman–Crippen LogP) is 1.05. The highest BCUT2D eigenvalue weighted by atomic mass is 19.1. The number of piperidine rings is 1. The molecule has 86 valence electrons. The van der Waals surface area contributed by atoms with Crippen LogP contribution < -0.4 is 10.6 Å². The lowest BCUT2D eigenvalue weighted by molar-refractivity contribution is -0.122. The zero-order valence-electron chi connectivity index (χ0n) is 8.46. The minimum absolute atomic E-state index is 0.00872. The highest BCUT2D eigenvalue weighted by molar-refractivity contribution is 5.76. The third kappa shape index (κ3) is 2.44. The first-order valence-electron chi connectivity index (χ1n) is 4.99. The van der Waals surface area contributed by atoms with E-state index in [0.717, 1.165) is 12.3 Å². The molecule has 2 heterocycles. The highest BCUT2D eigenvalue weighted by Crippen LogP contribution is 2.15. The fourth-order valence-corrected chi connectivity index (χ4v) is 1.57. The van der Waals surface area contributed by atoms with E-state index in [2.05, 4.69) is 15.6 Å². The summed E-state index contributed by atoms with van der Waals surface area (Å²) in [5, 5.41) is 5.49. The molecule has 1 unspecified atom stereocenters. The van der Waals surface area contributed by atoms with Gasteiger partial charge >= 0.3 is 0 Å². The maximum atomic E-state index is 13.2. The average molecular weight is 227 g/mol. The van der Waals surface area contributed by atoms with Gasteiger partial charge in [-0.05, 0) is 6.42 Å². The van der Waals surface area contributed by atoms with E-state index in [-0.39, 0.29) is 17.8 Å². The number of rotatable bonds is 2. The first kappa shape index (κ1) is 10.8. The number of hydrogen-bond donors (Lipinski definition) is 2. The third-order valence-corrected chi connectivity index (χ3v) is 2.41. The van der Waals surface area contributed by atoms with Gasteiger partial charge in [-0.25, -0.2) is 13.8 Å². The van der Waals surface area contributed by atoms with Crippen LogP contribution in [-0.2, 0) is 4.79 Å². The maximum absolute atomic E-state index is 13.2. The summed E-state index contributed by atoms with van der Waals surface area (Å²) in [6.45, 7) is 0.428. The molecule has 0 spiro atoms. The Balaban J connectivity index is 2.01. The lowest BCUT2D eigenvalue weighted by atomic mass is 10.1. The minimum atomic E-state index is -0.725. The molecule has 4 nitrogen and oxygen atoms in total. The molecular formula is C10H11F2N3O. The normalized spacial score (nSPS) is 20.4. The third-order valence-electron chi connectivity index (χ3n) is 2.41. The molecule has 1 aromatic heterocycles. The van der Waals surface area contributed by atoms with Gasteiger partial charge in [0, 0.05) is 25.1 Å². The molecule has 0 radical (unpaired) electrons. The van der Waals surface area contributed by atoms with Gasteiger partial charge in [0.05, 0.1) is 6.20 Å². The Morgan fingerprint density at radius 3 is 2.94 bits per heavy atom. The average Bonchev–Trinajstić information content (AvgIpc) is 2.25. The second-order valence-corrected chi connectivity index (χ2v) is 3.67. The molecule has 0 bridgehead atoms. The van der Waals surface area contributed by atoms with Crippen LogP contribution in [-0.4, -0.2) is 23.5 Å². The van der Waals surface area contributed by atoms with Gasteiger partial charge in [-0.1, -0.05) is 0 Å². The Kier molecular flexibility index (Phi) is 2.98. The number of nitrogens with zero attached hydrogens (tertiary/aromatic N) is 1. The fourth-order valence-electron chi connectivity index (χ4n) is 1.57. The van der Waals surface area contributed by atoms with Crippen LogP contribution in [0.4, 0.5) is 14.6 Å². The van der Waals surface area contributed by atoms with Crippen LogP contribution in [0.2, 0.25) is 0 Å². The van der Waals surface area contributed by atoms with E-state index in [1.54, 1.807) is 0 Å². The van der Waals surface area contributed by atoms with Crippen molar-refractivity contribution in [2.24, 2.45) is 0 Å². The van der Waals surface area contributed by atoms with Crippen molar-refractivity contribution in [1.82, 2.24) is 10.3 Å². The number of pyridine rings is 1. The lowest BCUT2D eigenvalue weighted by Crippen LogP contribution is -2.42. The van der Waals surface area contributed by atoms with Gasteiger partial charge in [-0.2, -0.15) is 0 Å². The molecule has 1 aliphatic rings. The number of aromatic nitrogens is 1. The molecule has 0 aliphatic carbocycles. The second kappa shape index (κ2) is 4.42. The van der Waals surface area contributed by atoms with Gasteiger partial charge in [-0.15, -0.1) is 0 Å². The van der Waals surface area contributed by atoms with E-state index in [1.165, 1.54) is 0 Å². The SMILES string of the molecule is O=C1CCC(Nc2ncc(F)cc2F)CN1. The van der Waals surface area contributed by atoms with Crippen molar-refractivity contribution in [2.75, 3.05) is 11.9 Å². The van der Waals surface area contributed by atoms with Crippen LogP contribution in [0.25, 0.3) is 0 Å². The number of carbonyl (C=O) groups is 1. The van der Waals surface area contributed by atoms with E-state index >= 15 is 0 Å². The van der Waals surface area contributed by atoms with Gasteiger partial charge in [0.2, 0.25) is 5.91 Å². The summed E-state index contributed by atoms with van der Waals surface area (Å²) in [6.07, 6.45) is 1.97. The molecule has 0 saturated carbocycles. The summed E-state index contributed by atoms with van der Waals surface area (Å²) in [7, 11) is 0. The number of carbonyl (C=O) groups excluding carboxylic acids is 1. The van der Waals surface area contributed by atoms with Crippen LogP contribution in [0.1, 0.15) is 12.8 Å². The molecule has 0 aromatic carbocycles. The van der Waals surface area contributed by atoms with Crippen molar-refractivity contribution in [3.05, 3.63) is 23.9 Å².